The second-order valence-corrected chi connectivity index (χ2v) is 8.86. The van der Waals surface area contributed by atoms with E-state index in [0.717, 1.165) is 45.8 Å². The van der Waals surface area contributed by atoms with Crippen LogP contribution in [0.25, 0.3) is 22.1 Å². The Labute approximate surface area is 170 Å². The number of imidazole rings is 1. The molecule has 4 nitrogen and oxygen atoms in total. The molecule has 1 aliphatic rings. The summed E-state index contributed by atoms with van der Waals surface area (Å²) in [4.78, 5) is 20.6. The van der Waals surface area contributed by atoms with Crippen molar-refractivity contribution in [1.82, 2.24) is 14.3 Å². The van der Waals surface area contributed by atoms with E-state index in [9.17, 15) is 4.79 Å². The molecule has 2 aromatic heterocycles. The highest BCUT2D eigenvalue weighted by Gasteiger charge is 2.17. The van der Waals surface area contributed by atoms with E-state index in [1.54, 1.807) is 4.40 Å². The fourth-order valence-corrected chi connectivity index (χ4v) is 5.50. The molecular formula is C22H19N3OS2. The van der Waals surface area contributed by atoms with Crippen LogP contribution in [0.5, 0.6) is 0 Å². The maximum atomic E-state index is 12.9. The Balaban J connectivity index is 1.43. The van der Waals surface area contributed by atoms with Crippen molar-refractivity contribution in [3.05, 3.63) is 86.2 Å². The van der Waals surface area contributed by atoms with Gasteiger partial charge in [-0.25, -0.2) is 9.38 Å². The van der Waals surface area contributed by atoms with Crippen molar-refractivity contribution in [3.8, 4) is 0 Å². The van der Waals surface area contributed by atoms with E-state index in [1.165, 1.54) is 21.9 Å². The van der Waals surface area contributed by atoms with E-state index in [-0.39, 0.29) is 5.56 Å². The monoisotopic (exact) mass is 405 g/mol. The van der Waals surface area contributed by atoms with Gasteiger partial charge in [0.15, 0.2) is 4.96 Å². The van der Waals surface area contributed by atoms with Gasteiger partial charge in [-0.05, 0) is 36.3 Å². The Hall–Kier alpha value is -2.57. The number of thioether (sulfide) groups is 1. The first-order valence-corrected chi connectivity index (χ1v) is 11.1. The molecule has 0 bridgehead atoms. The van der Waals surface area contributed by atoms with Crippen LogP contribution in [0.4, 0.5) is 0 Å². The lowest BCUT2D eigenvalue weighted by Crippen LogP contribution is -2.23. The third kappa shape index (κ3) is 3.23. The van der Waals surface area contributed by atoms with Crippen LogP contribution < -0.4 is 10.1 Å². The molecule has 1 aliphatic heterocycles. The first kappa shape index (κ1) is 17.5. The summed E-state index contributed by atoms with van der Waals surface area (Å²) in [7, 11) is 0. The fraction of sp³-hybridized carbons (Fsp3) is 0.182. The molecule has 0 unspecified atom stereocenters. The van der Waals surface area contributed by atoms with E-state index in [0.29, 0.717) is 0 Å². The van der Waals surface area contributed by atoms with E-state index in [4.69, 9.17) is 0 Å². The lowest BCUT2D eigenvalue weighted by molar-refractivity contribution is 0.407. The minimum absolute atomic E-state index is 0.0179. The summed E-state index contributed by atoms with van der Waals surface area (Å²) in [5, 5.41) is 1.24. The standard InChI is InChI=1S/C22H19N3OS2/c26-21-19(28-22-23-17-8-4-5-9-18(17)25(21)22)10-11-20-24(14-15-27-20)13-12-16-6-2-1-3-7-16/h1-11H,12-15H2. The first-order valence-electron chi connectivity index (χ1n) is 9.33. The van der Waals surface area contributed by atoms with Gasteiger partial charge in [0, 0.05) is 18.8 Å². The van der Waals surface area contributed by atoms with Crippen LogP contribution in [0.15, 0.2) is 70.5 Å². The number of hydrogen-bond donors (Lipinski definition) is 0. The molecular weight excluding hydrogens is 386 g/mol. The van der Waals surface area contributed by atoms with E-state index < -0.39 is 0 Å². The van der Waals surface area contributed by atoms with Gasteiger partial charge < -0.3 is 4.90 Å². The average Bonchev–Trinajstić information content (AvgIpc) is 3.40. The number of benzene rings is 2. The van der Waals surface area contributed by atoms with Crippen LogP contribution in [0, 0.1) is 0 Å². The molecule has 3 heterocycles. The van der Waals surface area contributed by atoms with E-state index in [1.807, 2.05) is 42.1 Å². The van der Waals surface area contributed by atoms with Crippen LogP contribution in [0.2, 0.25) is 0 Å². The Bertz CT molecular complexity index is 1270. The van der Waals surface area contributed by atoms with Crippen molar-refractivity contribution >= 4 is 45.2 Å². The fourth-order valence-electron chi connectivity index (χ4n) is 3.52. The summed E-state index contributed by atoms with van der Waals surface area (Å²) in [5.41, 5.74) is 3.13. The molecule has 28 heavy (non-hydrogen) atoms. The average molecular weight is 406 g/mol. The third-order valence-electron chi connectivity index (χ3n) is 4.96. The molecule has 0 spiro atoms. The lowest BCUT2D eigenvalue weighted by atomic mass is 10.1. The molecule has 0 amide bonds. The number of nitrogens with zero attached hydrogens (tertiary/aromatic N) is 3. The van der Waals surface area contributed by atoms with Gasteiger partial charge in [-0.3, -0.25) is 4.79 Å². The first-order chi connectivity index (χ1) is 13.8. The van der Waals surface area contributed by atoms with Crippen LogP contribution in [0.1, 0.15) is 5.56 Å². The molecule has 0 N–H and O–H groups in total. The number of thiazole rings is 1. The zero-order valence-electron chi connectivity index (χ0n) is 15.2. The van der Waals surface area contributed by atoms with Gasteiger partial charge in [-0.15, -0.1) is 11.8 Å². The maximum Gasteiger partial charge on any atom is 0.274 e. The summed E-state index contributed by atoms with van der Waals surface area (Å²) in [6.45, 7) is 2.05. The van der Waals surface area contributed by atoms with Crippen molar-refractivity contribution < 1.29 is 0 Å². The molecule has 2 aromatic carbocycles. The number of rotatable bonds is 4. The Morgan fingerprint density at radius 2 is 1.86 bits per heavy atom. The zero-order chi connectivity index (χ0) is 18.9. The van der Waals surface area contributed by atoms with Crippen molar-refractivity contribution in [3.63, 3.8) is 0 Å². The number of para-hydroxylation sites is 2. The largest absolute Gasteiger partial charge is 0.365 e. The predicted octanol–water partition coefficient (Wildman–Crippen LogP) is 3.54. The van der Waals surface area contributed by atoms with E-state index >= 15 is 0 Å². The van der Waals surface area contributed by atoms with Gasteiger partial charge in [0.1, 0.15) is 0 Å². The summed E-state index contributed by atoms with van der Waals surface area (Å²) < 4.78 is 2.45. The van der Waals surface area contributed by atoms with Crippen molar-refractivity contribution in [1.29, 1.82) is 0 Å². The van der Waals surface area contributed by atoms with Gasteiger partial charge in [-0.1, -0.05) is 53.8 Å². The molecule has 0 aliphatic carbocycles. The van der Waals surface area contributed by atoms with Crippen molar-refractivity contribution in [2.75, 3.05) is 18.8 Å². The van der Waals surface area contributed by atoms with Gasteiger partial charge in [0.05, 0.1) is 20.6 Å². The minimum Gasteiger partial charge on any atom is -0.365 e. The SMILES string of the molecule is O=c1c(=CC=C2SCCN2CCc2ccccc2)sc2nc3ccccc3n12. The number of hydrogen-bond acceptors (Lipinski definition) is 5. The lowest BCUT2D eigenvalue weighted by Gasteiger charge is -2.18. The number of fused-ring (bicyclic) bond motifs is 3. The highest BCUT2D eigenvalue weighted by Crippen LogP contribution is 2.27. The normalized spacial score (nSPS) is 16.8. The highest BCUT2D eigenvalue weighted by molar-refractivity contribution is 8.03. The predicted molar refractivity (Wildman–Crippen MR) is 119 cm³/mol. The van der Waals surface area contributed by atoms with Gasteiger partial charge in [-0.2, -0.15) is 0 Å². The molecule has 4 aromatic rings. The second kappa shape index (κ2) is 7.45. The highest BCUT2D eigenvalue weighted by atomic mass is 32.2. The molecule has 140 valence electrons. The quantitative estimate of drug-likeness (QED) is 0.521. The summed E-state index contributed by atoms with van der Waals surface area (Å²) in [5.74, 6) is 1.09. The molecule has 0 radical (unpaired) electrons. The van der Waals surface area contributed by atoms with Crippen LogP contribution in [-0.2, 0) is 6.42 Å². The maximum absolute atomic E-state index is 12.9. The molecule has 0 atom stereocenters. The molecule has 0 saturated carbocycles. The number of aromatic nitrogens is 2. The Kier molecular flexibility index (Phi) is 4.66. The summed E-state index contributed by atoms with van der Waals surface area (Å²) >= 11 is 3.31. The van der Waals surface area contributed by atoms with Crippen LogP contribution in [-0.4, -0.2) is 33.1 Å². The van der Waals surface area contributed by atoms with Gasteiger partial charge in [0.25, 0.3) is 5.56 Å². The van der Waals surface area contributed by atoms with Gasteiger partial charge in [0.2, 0.25) is 0 Å². The second-order valence-electron chi connectivity index (χ2n) is 6.73. The van der Waals surface area contributed by atoms with Crippen molar-refractivity contribution in [2.24, 2.45) is 0 Å². The molecule has 1 fully saturated rings. The summed E-state index contributed by atoms with van der Waals surface area (Å²) in [6, 6.07) is 18.4. The zero-order valence-corrected chi connectivity index (χ0v) is 16.9. The molecule has 6 heteroatoms. The summed E-state index contributed by atoms with van der Waals surface area (Å²) in [6.07, 6.45) is 5.08. The third-order valence-corrected chi connectivity index (χ3v) is 7.02. The number of allylic oxidation sites excluding steroid dienone is 1. The van der Waals surface area contributed by atoms with Gasteiger partial charge >= 0.3 is 0 Å². The smallest absolute Gasteiger partial charge is 0.274 e. The van der Waals surface area contributed by atoms with E-state index in [2.05, 4.69) is 46.3 Å². The van der Waals surface area contributed by atoms with Crippen molar-refractivity contribution in [2.45, 2.75) is 6.42 Å². The Morgan fingerprint density at radius 3 is 2.75 bits per heavy atom. The molecule has 5 rings (SSSR count). The Morgan fingerprint density at radius 1 is 1.04 bits per heavy atom. The minimum atomic E-state index is 0.0179. The van der Waals surface area contributed by atoms with Crippen LogP contribution >= 0.6 is 23.1 Å². The molecule has 1 saturated heterocycles. The topological polar surface area (TPSA) is 37.6 Å². The van der Waals surface area contributed by atoms with Crippen LogP contribution in [0.3, 0.4) is 0 Å².